The Labute approximate surface area is 166 Å². The van der Waals surface area contributed by atoms with Crippen LogP contribution in [0.5, 0.6) is 0 Å². The van der Waals surface area contributed by atoms with Gasteiger partial charge in [-0.25, -0.2) is 0 Å². The third-order valence-electron chi connectivity index (χ3n) is 5.04. The minimum Gasteiger partial charge on any atom is -0.396 e. The molecule has 1 aliphatic rings. The minimum atomic E-state index is 0.0207. The van der Waals surface area contributed by atoms with Crippen molar-refractivity contribution in [2.75, 3.05) is 31.6 Å². The summed E-state index contributed by atoms with van der Waals surface area (Å²) in [6, 6.07) is 14.5. The summed E-state index contributed by atoms with van der Waals surface area (Å²) in [5, 5.41) is 12.2. The van der Waals surface area contributed by atoms with Crippen molar-refractivity contribution in [2.45, 2.75) is 36.5 Å². The van der Waals surface area contributed by atoms with Gasteiger partial charge < -0.3 is 10.4 Å². The number of likely N-dealkylation sites (tertiary alicyclic amines) is 1. The number of piperidine rings is 1. The number of nitrogens with zero attached hydrogens (tertiary/aromatic N) is 1. The van der Waals surface area contributed by atoms with Crippen molar-refractivity contribution < 1.29 is 9.90 Å². The maximum absolute atomic E-state index is 12.3. The van der Waals surface area contributed by atoms with Gasteiger partial charge in [-0.15, -0.1) is 0 Å². The summed E-state index contributed by atoms with van der Waals surface area (Å²) in [4.78, 5) is 16.9. The molecule has 1 amide bonds. The number of aliphatic hydroxyl groups is 1. The Morgan fingerprint density at radius 2 is 1.85 bits per heavy atom. The Hall–Kier alpha value is -1.82. The molecule has 2 aromatic carbocycles. The molecule has 1 heterocycles. The molecule has 27 heavy (non-hydrogen) atoms. The van der Waals surface area contributed by atoms with E-state index in [2.05, 4.69) is 54.4 Å². The molecule has 144 valence electrons. The van der Waals surface area contributed by atoms with Gasteiger partial charge in [0.1, 0.15) is 0 Å². The number of carbonyl (C=O) groups is 1. The van der Waals surface area contributed by atoms with E-state index in [1.807, 2.05) is 12.1 Å². The van der Waals surface area contributed by atoms with Crippen LogP contribution in [0.1, 0.15) is 24.0 Å². The number of anilines is 1. The molecule has 0 saturated carbocycles. The van der Waals surface area contributed by atoms with Gasteiger partial charge in [-0.05, 0) is 87.2 Å². The number of carbonyl (C=O) groups excluding carboxylic acids is 1. The van der Waals surface area contributed by atoms with Gasteiger partial charge in [0.25, 0.3) is 0 Å². The van der Waals surface area contributed by atoms with E-state index >= 15 is 0 Å². The molecule has 4 nitrogen and oxygen atoms in total. The van der Waals surface area contributed by atoms with Crippen molar-refractivity contribution in [2.24, 2.45) is 5.92 Å². The number of benzene rings is 2. The first-order chi connectivity index (χ1) is 13.0. The second kappa shape index (κ2) is 9.40. The predicted molar refractivity (Wildman–Crippen MR) is 111 cm³/mol. The van der Waals surface area contributed by atoms with Gasteiger partial charge in [0.2, 0.25) is 5.91 Å². The second-order valence-corrected chi connectivity index (χ2v) is 8.46. The number of amides is 1. The Morgan fingerprint density at radius 1 is 1.15 bits per heavy atom. The highest BCUT2D eigenvalue weighted by molar-refractivity contribution is 7.99. The van der Waals surface area contributed by atoms with E-state index in [1.165, 1.54) is 16.0 Å². The van der Waals surface area contributed by atoms with Gasteiger partial charge in [0.15, 0.2) is 0 Å². The third-order valence-corrected chi connectivity index (χ3v) is 6.21. The average molecular weight is 385 g/mol. The highest BCUT2D eigenvalue weighted by atomic mass is 32.2. The van der Waals surface area contributed by atoms with Crippen LogP contribution >= 0.6 is 11.8 Å². The maximum atomic E-state index is 12.3. The second-order valence-electron chi connectivity index (χ2n) is 7.35. The molecule has 1 aliphatic heterocycles. The van der Waals surface area contributed by atoms with E-state index < -0.39 is 0 Å². The minimum absolute atomic E-state index is 0.0207. The van der Waals surface area contributed by atoms with Crippen LogP contribution in [0.25, 0.3) is 0 Å². The van der Waals surface area contributed by atoms with E-state index in [0.717, 1.165) is 36.5 Å². The first-order valence-corrected chi connectivity index (χ1v) is 10.3. The quantitative estimate of drug-likeness (QED) is 0.787. The van der Waals surface area contributed by atoms with Crippen molar-refractivity contribution in [3.8, 4) is 0 Å². The van der Waals surface area contributed by atoms with Gasteiger partial charge in [0, 0.05) is 22.1 Å². The Balaban J connectivity index is 1.51. The summed E-state index contributed by atoms with van der Waals surface area (Å²) in [7, 11) is 0. The first-order valence-electron chi connectivity index (χ1n) is 9.51. The third kappa shape index (κ3) is 5.83. The van der Waals surface area contributed by atoms with Crippen LogP contribution in [0.3, 0.4) is 0 Å². The summed E-state index contributed by atoms with van der Waals surface area (Å²) in [6.07, 6.45) is 1.93. The molecule has 1 fully saturated rings. The molecule has 3 rings (SSSR count). The Morgan fingerprint density at radius 3 is 2.52 bits per heavy atom. The number of aryl methyl sites for hydroxylation is 2. The Bertz CT molecular complexity index is 768. The van der Waals surface area contributed by atoms with Crippen LogP contribution < -0.4 is 5.32 Å². The number of nitrogens with one attached hydrogen (secondary N) is 1. The molecule has 2 aromatic rings. The lowest BCUT2D eigenvalue weighted by atomic mass is 9.98. The number of aliphatic hydroxyl groups excluding tert-OH is 1. The van der Waals surface area contributed by atoms with Crippen LogP contribution in [0.15, 0.2) is 52.3 Å². The van der Waals surface area contributed by atoms with E-state index in [0.29, 0.717) is 12.5 Å². The maximum Gasteiger partial charge on any atom is 0.238 e. The van der Waals surface area contributed by atoms with E-state index in [9.17, 15) is 9.90 Å². The molecule has 0 radical (unpaired) electrons. The summed E-state index contributed by atoms with van der Waals surface area (Å²) >= 11 is 1.75. The van der Waals surface area contributed by atoms with Gasteiger partial charge >= 0.3 is 0 Å². The van der Waals surface area contributed by atoms with E-state index in [4.69, 9.17) is 0 Å². The average Bonchev–Trinajstić information content (AvgIpc) is 2.67. The fourth-order valence-electron chi connectivity index (χ4n) is 3.28. The lowest BCUT2D eigenvalue weighted by Crippen LogP contribution is -2.39. The van der Waals surface area contributed by atoms with E-state index in [1.54, 1.807) is 11.8 Å². The van der Waals surface area contributed by atoms with Crippen molar-refractivity contribution >= 4 is 23.4 Å². The number of rotatable bonds is 6. The van der Waals surface area contributed by atoms with Crippen molar-refractivity contribution in [1.29, 1.82) is 0 Å². The fourth-order valence-corrected chi connectivity index (χ4v) is 4.28. The van der Waals surface area contributed by atoms with Gasteiger partial charge in [-0.1, -0.05) is 23.9 Å². The van der Waals surface area contributed by atoms with E-state index in [-0.39, 0.29) is 12.5 Å². The fraction of sp³-hybridized carbons (Fsp3) is 0.409. The van der Waals surface area contributed by atoms with Crippen LogP contribution in [-0.4, -0.2) is 42.2 Å². The summed E-state index contributed by atoms with van der Waals surface area (Å²) < 4.78 is 0. The smallest absolute Gasteiger partial charge is 0.238 e. The van der Waals surface area contributed by atoms with Crippen LogP contribution in [0.2, 0.25) is 0 Å². The highest BCUT2D eigenvalue weighted by Gasteiger charge is 2.20. The lowest BCUT2D eigenvalue weighted by Gasteiger charge is -2.30. The largest absolute Gasteiger partial charge is 0.396 e. The molecule has 0 aromatic heterocycles. The van der Waals surface area contributed by atoms with Crippen molar-refractivity contribution in [3.05, 3.63) is 53.6 Å². The molecule has 0 spiro atoms. The standard InChI is InChI=1S/C22H28N2O2S/c1-16-3-4-17(2)21(13-16)27-20-7-5-19(6-8-20)23-22(26)14-24-11-9-18(15-25)10-12-24/h3-8,13,18,25H,9-12,14-15H2,1-2H3,(H,23,26). The summed E-state index contributed by atoms with van der Waals surface area (Å²) in [6.45, 7) is 6.66. The van der Waals surface area contributed by atoms with Crippen molar-refractivity contribution in [3.63, 3.8) is 0 Å². The van der Waals surface area contributed by atoms with Crippen molar-refractivity contribution in [1.82, 2.24) is 4.90 Å². The predicted octanol–water partition coefficient (Wildman–Crippen LogP) is 4.10. The zero-order chi connectivity index (χ0) is 19.2. The summed E-state index contributed by atoms with van der Waals surface area (Å²) in [5.41, 5.74) is 3.36. The van der Waals surface area contributed by atoms with Crippen LogP contribution in [-0.2, 0) is 4.79 Å². The first kappa shape index (κ1) is 19.9. The highest BCUT2D eigenvalue weighted by Crippen LogP contribution is 2.31. The molecule has 0 aliphatic carbocycles. The molecule has 2 N–H and O–H groups in total. The van der Waals surface area contributed by atoms with Gasteiger partial charge in [-0.3, -0.25) is 9.69 Å². The molecule has 5 heteroatoms. The molecule has 0 atom stereocenters. The SMILES string of the molecule is Cc1ccc(C)c(Sc2ccc(NC(=O)CN3CCC(CO)CC3)cc2)c1. The van der Waals surface area contributed by atoms with Gasteiger partial charge in [-0.2, -0.15) is 0 Å². The monoisotopic (exact) mass is 384 g/mol. The van der Waals surface area contributed by atoms with Crippen LogP contribution in [0.4, 0.5) is 5.69 Å². The molecular weight excluding hydrogens is 356 g/mol. The zero-order valence-corrected chi connectivity index (χ0v) is 16.9. The molecule has 0 unspecified atom stereocenters. The summed E-state index contributed by atoms with van der Waals surface area (Å²) in [5.74, 6) is 0.416. The molecule has 0 bridgehead atoms. The van der Waals surface area contributed by atoms with Crippen LogP contribution in [0, 0.1) is 19.8 Å². The number of hydrogen-bond acceptors (Lipinski definition) is 4. The molecular formula is C22H28N2O2S. The number of hydrogen-bond donors (Lipinski definition) is 2. The normalized spacial score (nSPS) is 15.7. The van der Waals surface area contributed by atoms with Gasteiger partial charge in [0.05, 0.1) is 6.54 Å². The lowest BCUT2D eigenvalue weighted by molar-refractivity contribution is -0.117. The Kier molecular flexibility index (Phi) is 6.94. The molecule has 1 saturated heterocycles. The topological polar surface area (TPSA) is 52.6 Å². The zero-order valence-electron chi connectivity index (χ0n) is 16.1.